The number of aliphatic hydroxyl groups excluding tert-OH is 1. The van der Waals surface area contributed by atoms with E-state index in [1.165, 1.54) is 12.0 Å². The maximum absolute atomic E-state index is 12.5. The fourth-order valence-electron chi connectivity index (χ4n) is 2.96. The zero-order chi connectivity index (χ0) is 18.0. The summed E-state index contributed by atoms with van der Waals surface area (Å²) in [5, 5.41) is 14.8. The van der Waals surface area contributed by atoms with E-state index in [1.807, 2.05) is 6.07 Å². The molecule has 0 aromatic heterocycles. The second kappa shape index (κ2) is 6.94. The van der Waals surface area contributed by atoms with Crippen LogP contribution in [0.3, 0.4) is 0 Å². The van der Waals surface area contributed by atoms with E-state index in [9.17, 15) is 14.4 Å². The number of carbonyl (C=O) groups is 3. The molecule has 0 spiro atoms. The molecule has 0 fully saturated rings. The first-order valence-corrected chi connectivity index (χ1v) is 7.90. The summed E-state index contributed by atoms with van der Waals surface area (Å²) in [6.45, 7) is 0.506. The summed E-state index contributed by atoms with van der Waals surface area (Å²) >= 11 is 0. The molecule has 2 heterocycles. The molecule has 2 aliphatic heterocycles. The third-order valence-electron chi connectivity index (χ3n) is 4.26. The molecule has 0 bridgehead atoms. The van der Waals surface area contributed by atoms with Crippen LogP contribution in [0.2, 0.25) is 0 Å². The lowest BCUT2D eigenvalue weighted by atomic mass is 10.00. The molecule has 8 nitrogen and oxygen atoms in total. The number of carbonyl (C=O) groups excluding carboxylic acids is 3. The van der Waals surface area contributed by atoms with Crippen LogP contribution < -0.4 is 10.6 Å². The van der Waals surface area contributed by atoms with Crippen molar-refractivity contribution in [2.45, 2.75) is 13.0 Å². The minimum absolute atomic E-state index is 0.0508. The standard InChI is InChI=1S/C17H19N3O5/c1-25-17(24)13-9-20(4-5-21)16(23)15(13)19-12-3-2-10-8-18-14(22)7-11(10)6-12/h2-3,6,19,21H,4-5,7-9H2,1H3,(H,18,22). The van der Waals surface area contributed by atoms with Gasteiger partial charge in [-0.15, -0.1) is 0 Å². The van der Waals surface area contributed by atoms with Crippen LogP contribution in [0.25, 0.3) is 0 Å². The molecule has 0 unspecified atom stereocenters. The summed E-state index contributed by atoms with van der Waals surface area (Å²) in [5.74, 6) is -1.01. The van der Waals surface area contributed by atoms with Gasteiger partial charge in [0.25, 0.3) is 5.91 Å². The van der Waals surface area contributed by atoms with Gasteiger partial charge in [0.2, 0.25) is 5.91 Å². The predicted octanol–water partition coefficient (Wildman–Crippen LogP) is -0.468. The molecule has 0 aliphatic carbocycles. The molecule has 0 saturated heterocycles. The summed E-state index contributed by atoms with van der Waals surface area (Å²) < 4.78 is 4.75. The van der Waals surface area contributed by atoms with E-state index in [1.54, 1.807) is 12.1 Å². The maximum Gasteiger partial charge on any atom is 0.337 e. The topological polar surface area (TPSA) is 108 Å². The SMILES string of the molecule is COC(=O)C1=C(Nc2ccc3c(c2)CC(=O)NC3)C(=O)N(CCO)C1. The Bertz CT molecular complexity index is 772. The van der Waals surface area contributed by atoms with Crippen molar-refractivity contribution in [2.75, 3.05) is 32.1 Å². The summed E-state index contributed by atoms with van der Waals surface area (Å²) in [5.41, 5.74) is 2.87. The van der Waals surface area contributed by atoms with E-state index in [4.69, 9.17) is 9.84 Å². The number of benzene rings is 1. The predicted molar refractivity (Wildman–Crippen MR) is 88.3 cm³/mol. The highest BCUT2D eigenvalue weighted by Crippen LogP contribution is 2.25. The van der Waals surface area contributed by atoms with Crippen LogP contribution >= 0.6 is 0 Å². The Labute approximate surface area is 144 Å². The smallest absolute Gasteiger partial charge is 0.337 e. The number of amides is 2. The second-order valence-electron chi connectivity index (χ2n) is 5.86. The largest absolute Gasteiger partial charge is 0.466 e. The Morgan fingerprint density at radius 2 is 2.16 bits per heavy atom. The second-order valence-corrected chi connectivity index (χ2v) is 5.86. The molecule has 3 rings (SSSR count). The van der Waals surface area contributed by atoms with Gasteiger partial charge in [0.05, 0.1) is 32.3 Å². The van der Waals surface area contributed by atoms with Gasteiger partial charge >= 0.3 is 5.97 Å². The van der Waals surface area contributed by atoms with Crippen LogP contribution in [0.1, 0.15) is 11.1 Å². The number of esters is 1. The monoisotopic (exact) mass is 345 g/mol. The lowest BCUT2D eigenvalue weighted by Crippen LogP contribution is -2.31. The van der Waals surface area contributed by atoms with Crippen LogP contribution in [0.4, 0.5) is 5.69 Å². The van der Waals surface area contributed by atoms with E-state index < -0.39 is 5.97 Å². The van der Waals surface area contributed by atoms with Crippen molar-refractivity contribution in [1.82, 2.24) is 10.2 Å². The summed E-state index contributed by atoms with van der Waals surface area (Å²) in [6, 6.07) is 5.47. The highest BCUT2D eigenvalue weighted by atomic mass is 16.5. The fourth-order valence-corrected chi connectivity index (χ4v) is 2.96. The van der Waals surface area contributed by atoms with Gasteiger partial charge in [0, 0.05) is 18.8 Å². The fraction of sp³-hybridized carbons (Fsp3) is 0.353. The van der Waals surface area contributed by atoms with Gasteiger partial charge in [-0.1, -0.05) is 6.07 Å². The van der Waals surface area contributed by atoms with E-state index >= 15 is 0 Å². The molecule has 25 heavy (non-hydrogen) atoms. The number of fused-ring (bicyclic) bond motifs is 1. The molecule has 1 aromatic rings. The van der Waals surface area contributed by atoms with Crippen LogP contribution in [0.5, 0.6) is 0 Å². The van der Waals surface area contributed by atoms with Gasteiger partial charge in [0.1, 0.15) is 5.70 Å². The molecule has 1 aromatic carbocycles. The first-order chi connectivity index (χ1) is 12.0. The minimum Gasteiger partial charge on any atom is -0.466 e. The Morgan fingerprint density at radius 1 is 1.36 bits per heavy atom. The third-order valence-corrected chi connectivity index (χ3v) is 4.26. The minimum atomic E-state index is -0.589. The summed E-state index contributed by atoms with van der Waals surface area (Å²) in [4.78, 5) is 37.4. The zero-order valence-corrected chi connectivity index (χ0v) is 13.8. The molecule has 2 amide bonds. The molecule has 0 radical (unpaired) electrons. The van der Waals surface area contributed by atoms with Crippen molar-refractivity contribution in [3.63, 3.8) is 0 Å². The average Bonchev–Trinajstić information content (AvgIpc) is 2.91. The Balaban J connectivity index is 1.88. The maximum atomic E-state index is 12.5. The Morgan fingerprint density at radius 3 is 2.88 bits per heavy atom. The van der Waals surface area contributed by atoms with E-state index in [-0.39, 0.29) is 49.2 Å². The number of aliphatic hydroxyl groups is 1. The van der Waals surface area contributed by atoms with E-state index in [0.29, 0.717) is 12.2 Å². The highest BCUT2D eigenvalue weighted by Gasteiger charge is 2.34. The molecule has 3 N–H and O–H groups in total. The first-order valence-electron chi connectivity index (χ1n) is 7.90. The zero-order valence-electron chi connectivity index (χ0n) is 13.8. The number of methoxy groups -OCH3 is 1. The van der Waals surface area contributed by atoms with Gasteiger partial charge < -0.3 is 25.4 Å². The number of nitrogens with one attached hydrogen (secondary N) is 2. The van der Waals surface area contributed by atoms with Gasteiger partial charge in [0.15, 0.2) is 0 Å². The van der Waals surface area contributed by atoms with Crippen molar-refractivity contribution in [3.05, 3.63) is 40.6 Å². The molecule has 0 atom stereocenters. The number of anilines is 1. The quantitative estimate of drug-likeness (QED) is 0.623. The van der Waals surface area contributed by atoms with Gasteiger partial charge in [-0.25, -0.2) is 4.79 Å². The van der Waals surface area contributed by atoms with Crippen molar-refractivity contribution in [3.8, 4) is 0 Å². The van der Waals surface area contributed by atoms with Crippen molar-refractivity contribution < 1.29 is 24.2 Å². The molecule has 132 valence electrons. The molecule has 2 aliphatic rings. The van der Waals surface area contributed by atoms with Crippen LogP contribution in [-0.2, 0) is 32.1 Å². The van der Waals surface area contributed by atoms with E-state index in [0.717, 1.165) is 11.1 Å². The number of nitrogens with zero attached hydrogens (tertiary/aromatic N) is 1. The number of ether oxygens (including phenoxy) is 1. The first kappa shape index (κ1) is 17.0. The van der Waals surface area contributed by atoms with Crippen LogP contribution in [0.15, 0.2) is 29.5 Å². The lowest BCUT2D eigenvalue weighted by molar-refractivity contribution is -0.136. The van der Waals surface area contributed by atoms with Gasteiger partial charge in [-0.05, 0) is 23.3 Å². The average molecular weight is 345 g/mol. The van der Waals surface area contributed by atoms with Crippen molar-refractivity contribution in [1.29, 1.82) is 0 Å². The number of β-amino-alcohol motifs (C(OH)–C–C–N with tert-alkyl or cyclic N) is 1. The van der Waals surface area contributed by atoms with Crippen molar-refractivity contribution in [2.24, 2.45) is 0 Å². The Hall–Kier alpha value is -2.87. The molecular weight excluding hydrogens is 326 g/mol. The highest BCUT2D eigenvalue weighted by molar-refractivity contribution is 6.08. The Kier molecular flexibility index (Phi) is 4.71. The van der Waals surface area contributed by atoms with Crippen LogP contribution in [-0.4, -0.2) is 54.6 Å². The number of hydrogen-bond acceptors (Lipinski definition) is 6. The summed E-state index contributed by atoms with van der Waals surface area (Å²) in [7, 11) is 1.25. The number of rotatable bonds is 5. The third kappa shape index (κ3) is 3.34. The van der Waals surface area contributed by atoms with Gasteiger partial charge in [-0.3, -0.25) is 9.59 Å². The van der Waals surface area contributed by atoms with E-state index in [2.05, 4.69) is 10.6 Å². The normalized spacial score (nSPS) is 16.6. The summed E-state index contributed by atoms with van der Waals surface area (Å²) in [6.07, 6.45) is 0.276. The van der Waals surface area contributed by atoms with Crippen LogP contribution in [0, 0.1) is 0 Å². The molecule has 0 saturated carbocycles. The molecular formula is C17H19N3O5. The van der Waals surface area contributed by atoms with Gasteiger partial charge in [-0.2, -0.15) is 0 Å². The molecule has 8 heteroatoms. The lowest BCUT2D eigenvalue weighted by Gasteiger charge is -2.18. The van der Waals surface area contributed by atoms with Crippen molar-refractivity contribution >= 4 is 23.5 Å². The number of hydrogen-bond donors (Lipinski definition) is 3.